The molecule has 60 heavy (non-hydrogen) atoms. The maximum absolute atomic E-state index is 2.54. The van der Waals surface area contributed by atoms with Crippen LogP contribution in [0.3, 0.4) is 0 Å². The number of fused-ring (bicyclic) bond motifs is 9. The van der Waals surface area contributed by atoms with Crippen LogP contribution < -0.4 is 0 Å². The normalized spacial score (nSPS) is 12.0. The molecule has 0 nitrogen and oxygen atoms in total. The Bertz CT molecular complexity index is 3740. The molecule has 12 aromatic carbocycles. The van der Waals surface area contributed by atoms with Crippen LogP contribution in [0, 0.1) is 0 Å². The fourth-order valence-corrected chi connectivity index (χ4v) is 10.5. The average molecular weight is 757 g/mol. The van der Waals surface area contributed by atoms with Crippen LogP contribution in [0.15, 0.2) is 218 Å². The van der Waals surface area contributed by atoms with E-state index >= 15 is 0 Å². The fraction of sp³-hybridized carbons (Fsp3) is 0. The lowest BCUT2D eigenvalue weighted by Crippen LogP contribution is -1.96. The summed E-state index contributed by atoms with van der Waals surface area (Å²) in [6.45, 7) is 0. The van der Waals surface area contributed by atoms with Crippen molar-refractivity contribution in [1.29, 1.82) is 0 Å². The van der Waals surface area contributed by atoms with Gasteiger partial charge in [-0.05, 0) is 162 Å². The van der Waals surface area contributed by atoms with E-state index in [0.29, 0.717) is 0 Å². The molecule has 1 aliphatic rings. The third-order valence-electron chi connectivity index (χ3n) is 13.1. The van der Waals surface area contributed by atoms with Crippen LogP contribution in [0.5, 0.6) is 0 Å². The van der Waals surface area contributed by atoms with Crippen LogP contribution in [0.4, 0.5) is 0 Å². The number of hydrogen-bond acceptors (Lipinski definition) is 0. The van der Waals surface area contributed by atoms with E-state index in [1.807, 2.05) is 0 Å². The Morgan fingerprint density at radius 2 is 0.650 bits per heavy atom. The minimum Gasteiger partial charge on any atom is -0.0622 e. The third-order valence-corrected chi connectivity index (χ3v) is 13.1. The lowest BCUT2D eigenvalue weighted by molar-refractivity contribution is 1.62. The largest absolute Gasteiger partial charge is 0.0622 e. The Labute approximate surface area is 348 Å². The van der Waals surface area contributed by atoms with Crippen molar-refractivity contribution >= 4 is 64.6 Å². The van der Waals surface area contributed by atoms with Crippen molar-refractivity contribution in [3.05, 3.63) is 218 Å². The van der Waals surface area contributed by atoms with Crippen molar-refractivity contribution < 1.29 is 0 Å². The van der Waals surface area contributed by atoms with Gasteiger partial charge in [-0.1, -0.05) is 188 Å². The summed E-state index contributed by atoms with van der Waals surface area (Å²) in [5.41, 5.74) is 15.2. The van der Waals surface area contributed by atoms with Crippen LogP contribution >= 0.6 is 0 Å². The maximum atomic E-state index is 2.54. The minimum atomic E-state index is 1.22. The molecule has 0 unspecified atom stereocenters. The molecule has 13 rings (SSSR count). The van der Waals surface area contributed by atoms with Crippen molar-refractivity contribution in [2.75, 3.05) is 0 Å². The van der Waals surface area contributed by atoms with Gasteiger partial charge >= 0.3 is 0 Å². The summed E-state index contributed by atoms with van der Waals surface area (Å²) in [6.07, 6.45) is 0. The molecule has 0 aliphatic heterocycles. The molecular formula is C60H36. The molecule has 0 atom stereocenters. The Morgan fingerprint density at radius 1 is 0.183 bits per heavy atom. The molecule has 12 aromatic rings. The summed E-state index contributed by atoms with van der Waals surface area (Å²) in [5, 5.41) is 15.2. The molecule has 0 saturated carbocycles. The van der Waals surface area contributed by atoms with Gasteiger partial charge < -0.3 is 0 Å². The molecule has 0 heteroatoms. The van der Waals surface area contributed by atoms with Crippen LogP contribution in [0.2, 0.25) is 0 Å². The second-order valence-electron chi connectivity index (χ2n) is 16.3. The highest BCUT2D eigenvalue weighted by Gasteiger charge is 2.32. The zero-order valence-electron chi connectivity index (χ0n) is 32.8. The summed E-state index contributed by atoms with van der Waals surface area (Å²) in [6, 6.07) is 81.6. The van der Waals surface area contributed by atoms with Crippen LogP contribution in [0.1, 0.15) is 0 Å². The third kappa shape index (κ3) is 4.86. The minimum absolute atomic E-state index is 1.22. The molecule has 0 N–H and O–H groups in total. The molecule has 0 heterocycles. The molecule has 0 amide bonds. The highest BCUT2D eigenvalue weighted by Crippen LogP contribution is 2.59. The van der Waals surface area contributed by atoms with Gasteiger partial charge in [-0.3, -0.25) is 0 Å². The van der Waals surface area contributed by atoms with Crippen molar-refractivity contribution in [3.63, 3.8) is 0 Å². The zero-order valence-corrected chi connectivity index (χ0v) is 32.8. The molecule has 0 bridgehead atoms. The van der Waals surface area contributed by atoms with Crippen molar-refractivity contribution in [2.24, 2.45) is 0 Å². The predicted octanol–water partition coefficient (Wildman–Crippen LogP) is 16.9. The molecule has 0 spiro atoms. The van der Waals surface area contributed by atoms with Gasteiger partial charge in [-0.25, -0.2) is 0 Å². The lowest BCUT2D eigenvalue weighted by Gasteiger charge is -2.23. The van der Waals surface area contributed by atoms with Crippen LogP contribution in [-0.2, 0) is 0 Å². The summed E-state index contributed by atoms with van der Waals surface area (Å²) in [4.78, 5) is 0. The monoisotopic (exact) mass is 756 g/mol. The molecular weight excluding hydrogens is 721 g/mol. The highest BCUT2D eigenvalue weighted by molar-refractivity contribution is 6.32. The van der Waals surface area contributed by atoms with E-state index in [4.69, 9.17) is 0 Å². The standard InChI is InChI=1S/C60H36/c1-3-16-39(17-4-1)47-30-31-48(40-18-5-2-6-19-40)52-36-54-53(35-51(47)52)56(44-28-26-37-14-7-9-20-41(37)32-44)59-50-25-13-24-49-46-23-12-11-22-43(46)34-55(58(49)50)60(59)57(54)45-29-27-38-15-8-10-21-42(38)33-45/h1-36H. The number of rotatable bonds is 4. The fourth-order valence-electron chi connectivity index (χ4n) is 10.5. The Hall–Kier alpha value is -7.80. The highest BCUT2D eigenvalue weighted by atomic mass is 14.3. The van der Waals surface area contributed by atoms with Gasteiger partial charge in [0.25, 0.3) is 0 Å². The zero-order chi connectivity index (χ0) is 39.3. The summed E-state index contributed by atoms with van der Waals surface area (Å²) >= 11 is 0. The molecule has 0 radical (unpaired) electrons. The van der Waals surface area contributed by atoms with Gasteiger partial charge in [0.1, 0.15) is 0 Å². The Balaban J connectivity index is 1.29. The predicted molar refractivity (Wildman–Crippen MR) is 258 cm³/mol. The smallest absolute Gasteiger partial charge is 0.000719 e. The SMILES string of the molecule is c1ccc(-c2ccc(-c3ccccc3)c3cc4c(-c5ccc6ccccc6c5)c5c(c(-c6ccc7ccccc7c6)c4cc23)-c2cccc3c2c-5cc2ccccc23)cc1. The molecule has 0 aromatic heterocycles. The number of benzene rings is 12. The quantitative estimate of drug-likeness (QED) is 0.124. The van der Waals surface area contributed by atoms with Gasteiger partial charge in [0.2, 0.25) is 0 Å². The van der Waals surface area contributed by atoms with Gasteiger partial charge in [0.05, 0.1) is 0 Å². The summed E-state index contributed by atoms with van der Waals surface area (Å²) < 4.78 is 0. The second-order valence-corrected chi connectivity index (χ2v) is 16.3. The van der Waals surface area contributed by atoms with Gasteiger partial charge in [0.15, 0.2) is 0 Å². The van der Waals surface area contributed by atoms with E-state index in [-0.39, 0.29) is 0 Å². The van der Waals surface area contributed by atoms with E-state index in [9.17, 15) is 0 Å². The van der Waals surface area contributed by atoms with Gasteiger partial charge in [-0.15, -0.1) is 0 Å². The van der Waals surface area contributed by atoms with Crippen molar-refractivity contribution in [2.45, 2.75) is 0 Å². The first-order valence-electron chi connectivity index (χ1n) is 20.9. The Morgan fingerprint density at radius 3 is 1.22 bits per heavy atom. The topological polar surface area (TPSA) is 0 Å². The van der Waals surface area contributed by atoms with Crippen molar-refractivity contribution in [1.82, 2.24) is 0 Å². The van der Waals surface area contributed by atoms with E-state index in [2.05, 4.69) is 218 Å². The molecule has 0 fully saturated rings. The average Bonchev–Trinajstić information content (AvgIpc) is 3.64. The van der Waals surface area contributed by atoms with E-state index in [0.717, 1.165) is 0 Å². The van der Waals surface area contributed by atoms with Gasteiger partial charge in [-0.2, -0.15) is 0 Å². The first-order valence-corrected chi connectivity index (χ1v) is 20.9. The number of hydrogen-bond donors (Lipinski definition) is 0. The van der Waals surface area contributed by atoms with E-state index in [1.165, 1.54) is 131 Å². The van der Waals surface area contributed by atoms with E-state index in [1.54, 1.807) is 0 Å². The summed E-state index contributed by atoms with van der Waals surface area (Å²) in [7, 11) is 0. The van der Waals surface area contributed by atoms with Crippen LogP contribution in [-0.4, -0.2) is 0 Å². The van der Waals surface area contributed by atoms with Gasteiger partial charge in [0, 0.05) is 0 Å². The second kappa shape index (κ2) is 12.9. The lowest BCUT2D eigenvalue weighted by atomic mass is 9.80. The summed E-state index contributed by atoms with van der Waals surface area (Å²) in [5.74, 6) is 0. The molecule has 1 aliphatic carbocycles. The first kappa shape index (κ1) is 33.2. The molecule has 276 valence electrons. The van der Waals surface area contributed by atoms with E-state index < -0.39 is 0 Å². The Kier molecular flexibility index (Phi) is 7.11. The first-order chi connectivity index (χ1) is 29.8. The maximum Gasteiger partial charge on any atom is -0.000719 e. The molecule has 0 saturated heterocycles. The van der Waals surface area contributed by atoms with Crippen molar-refractivity contribution in [3.8, 4) is 66.8 Å². The van der Waals surface area contributed by atoms with Crippen LogP contribution in [0.25, 0.3) is 131 Å².